The first-order chi connectivity index (χ1) is 12.1. The Bertz CT molecular complexity index is 725. The zero-order valence-electron chi connectivity index (χ0n) is 14.1. The topological polar surface area (TPSA) is 94.0 Å². The van der Waals surface area contributed by atoms with E-state index in [1.165, 1.54) is 6.42 Å². The molecule has 1 aliphatic carbocycles. The molecule has 0 bridgehead atoms. The number of benzene rings is 1. The molecule has 0 aliphatic heterocycles. The molecule has 7 heteroatoms. The van der Waals surface area contributed by atoms with E-state index in [0.717, 1.165) is 31.2 Å². The first-order valence-electron chi connectivity index (χ1n) is 8.66. The summed E-state index contributed by atoms with van der Waals surface area (Å²) in [5.41, 5.74) is 6.67. The molecule has 1 aromatic heterocycles. The van der Waals surface area contributed by atoms with E-state index in [1.807, 2.05) is 12.1 Å². The summed E-state index contributed by atoms with van der Waals surface area (Å²) in [5, 5.41) is 7.41. The molecule has 1 fully saturated rings. The van der Waals surface area contributed by atoms with E-state index in [1.54, 1.807) is 12.1 Å². The second-order valence-corrected chi connectivity index (χ2v) is 7.18. The van der Waals surface area contributed by atoms with Crippen LogP contribution in [0.15, 0.2) is 28.8 Å². The average molecular weight is 363 g/mol. The largest absolute Gasteiger partial charge is 0.347 e. The summed E-state index contributed by atoms with van der Waals surface area (Å²) < 4.78 is 5.21. The zero-order chi connectivity index (χ0) is 17.7. The molecular formula is C18H23ClN4O2. The fourth-order valence-corrected chi connectivity index (χ4v) is 3.59. The predicted molar refractivity (Wildman–Crippen MR) is 95.8 cm³/mol. The van der Waals surface area contributed by atoms with Gasteiger partial charge >= 0.3 is 0 Å². The minimum absolute atomic E-state index is 0.0187. The van der Waals surface area contributed by atoms with Crippen LogP contribution >= 0.6 is 11.6 Å². The molecule has 1 amide bonds. The fraction of sp³-hybridized carbons (Fsp3) is 0.500. The average Bonchev–Trinajstić information content (AvgIpc) is 3.10. The number of carbonyl (C=O) groups excluding carboxylic acids is 1. The number of carbonyl (C=O) groups is 1. The van der Waals surface area contributed by atoms with Crippen LogP contribution in [-0.4, -0.2) is 22.6 Å². The van der Waals surface area contributed by atoms with Gasteiger partial charge in [-0.25, -0.2) is 0 Å². The molecule has 1 aromatic carbocycles. The Labute approximate surface area is 152 Å². The zero-order valence-corrected chi connectivity index (χ0v) is 14.9. The van der Waals surface area contributed by atoms with Crippen molar-refractivity contribution in [1.29, 1.82) is 0 Å². The van der Waals surface area contributed by atoms with Gasteiger partial charge in [0, 0.05) is 17.0 Å². The van der Waals surface area contributed by atoms with Crippen LogP contribution in [0.2, 0.25) is 5.02 Å². The molecule has 0 radical (unpaired) electrons. The molecule has 0 saturated heterocycles. The van der Waals surface area contributed by atoms with Crippen LogP contribution in [-0.2, 0) is 11.3 Å². The Morgan fingerprint density at radius 3 is 2.84 bits per heavy atom. The summed E-state index contributed by atoms with van der Waals surface area (Å²) in [6.45, 7) is 0.771. The lowest BCUT2D eigenvalue weighted by atomic mass is 9.71. The number of aromatic nitrogens is 2. The third-order valence-corrected chi connectivity index (χ3v) is 5.11. The van der Waals surface area contributed by atoms with Crippen molar-refractivity contribution in [2.75, 3.05) is 6.54 Å². The van der Waals surface area contributed by atoms with Crippen LogP contribution in [0.25, 0.3) is 11.4 Å². The Morgan fingerprint density at radius 2 is 2.12 bits per heavy atom. The van der Waals surface area contributed by atoms with Crippen molar-refractivity contribution >= 4 is 17.5 Å². The molecule has 0 atom stereocenters. The summed E-state index contributed by atoms with van der Waals surface area (Å²) in [6, 6.07) is 7.23. The molecular weight excluding hydrogens is 340 g/mol. The third-order valence-electron chi connectivity index (χ3n) is 4.87. The van der Waals surface area contributed by atoms with E-state index in [0.29, 0.717) is 29.7 Å². The van der Waals surface area contributed by atoms with Gasteiger partial charge in [-0.3, -0.25) is 4.79 Å². The lowest BCUT2D eigenvalue weighted by molar-refractivity contribution is -0.124. The number of halogens is 1. The van der Waals surface area contributed by atoms with Gasteiger partial charge in [0.25, 0.3) is 0 Å². The molecule has 1 heterocycles. The van der Waals surface area contributed by atoms with Crippen molar-refractivity contribution in [2.45, 2.75) is 45.1 Å². The molecule has 2 aromatic rings. The van der Waals surface area contributed by atoms with Crippen LogP contribution in [0.3, 0.4) is 0 Å². The highest BCUT2D eigenvalue weighted by atomic mass is 35.5. The summed E-state index contributed by atoms with van der Waals surface area (Å²) in [6.07, 6.45) is 6.04. The van der Waals surface area contributed by atoms with Crippen molar-refractivity contribution in [3.63, 3.8) is 0 Å². The van der Waals surface area contributed by atoms with Gasteiger partial charge in [-0.05, 0) is 36.9 Å². The van der Waals surface area contributed by atoms with E-state index in [4.69, 9.17) is 21.9 Å². The Morgan fingerprint density at radius 1 is 1.32 bits per heavy atom. The maximum atomic E-state index is 12.3. The molecule has 0 spiro atoms. The van der Waals surface area contributed by atoms with Crippen LogP contribution in [0, 0.1) is 5.41 Å². The molecule has 1 saturated carbocycles. The quantitative estimate of drug-likeness (QED) is 0.822. The standard InChI is InChI=1S/C18H23ClN4O2/c19-14-6-4-5-13(9-14)17-22-16(25-23-17)11-21-15(24)10-18(12-20)7-2-1-3-8-18/h4-6,9H,1-3,7-8,10-12,20H2,(H,21,24). The number of nitrogens with two attached hydrogens (primary N) is 1. The number of rotatable bonds is 6. The van der Waals surface area contributed by atoms with Gasteiger partial charge in [-0.2, -0.15) is 4.98 Å². The summed E-state index contributed by atoms with van der Waals surface area (Å²) in [5.74, 6) is 0.807. The molecule has 1 aliphatic rings. The number of nitrogens with zero attached hydrogens (tertiary/aromatic N) is 2. The van der Waals surface area contributed by atoms with Gasteiger partial charge in [-0.1, -0.05) is 48.2 Å². The summed E-state index contributed by atoms with van der Waals surface area (Å²) in [7, 11) is 0. The highest BCUT2D eigenvalue weighted by Gasteiger charge is 2.32. The normalized spacial score (nSPS) is 16.6. The van der Waals surface area contributed by atoms with Crippen LogP contribution in [0.4, 0.5) is 0 Å². The summed E-state index contributed by atoms with van der Waals surface area (Å²) >= 11 is 5.97. The Kier molecular flexibility index (Phi) is 5.71. The maximum absolute atomic E-state index is 12.3. The van der Waals surface area contributed by atoms with Crippen molar-refractivity contribution in [2.24, 2.45) is 11.1 Å². The van der Waals surface area contributed by atoms with Crippen LogP contribution < -0.4 is 11.1 Å². The fourth-order valence-electron chi connectivity index (χ4n) is 3.40. The van der Waals surface area contributed by atoms with Crippen molar-refractivity contribution in [1.82, 2.24) is 15.5 Å². The second kappa shape index (κ2) is 7.97. The molecule has 3 rings (SSSR count). The highest BCUT2D eigenvalue weighted by Crippen LogP contribution is 2.38. The first-order valence-corrected chi connectivity index (χ1v) is 9.03. The summed E-state index contributed by atoms with van der Waals surface area (Å²) in [4.78, 5) is 16.6. The van der Waals surface area contributed by atoms with Crippen molar-refractivity contribution < 1.29 is 9.32 Å². The molecule has 6 nitrogen and oxygen atoms in total. The Hall–Kier alpha value is -1.92. The SMILES string of the molecule is NCC1(CC(=O)NCc2nc(-c3cccc(Cl)c3)no2)CCCCC1. The van der Waals surface area contributed by atoms with Crippen LogP contribution in [0.5, 0.6) is 0 Å². The number of nitrogens with one attached hydrogen (secondary N) is 1. The van der Waals surface area contributed by atoms with Gasteiger partial charge in [0.1, 0.15) is 0 Å². The number of hydrogen-bond acceptors (Lipinski definition) is 5. The first kappa shape index (κ1) is 17.9. The van der Waals surface area contributed by atoms with Gasteiger partial charge in [-0.15, -0.1) is 0 Å². The van der Waals surface area contributed by atoms with E-state index in [9.17, 15) is 4.79 Å². The Balaban J connectivity index is 1.56. The van der Waals surface area contributed by atoms with Crippen molar-refractivity contribution in [3.05, 3.63) is 35.2 Å². The van der Waals surface area contributed by atoms with Crippen LogP contribution in [0.1, 0.15) is 44.4 Å². The predicted octanol–water partition coefficient (Wildman–Crippen LogP) is 3.31. The van der Waals surface area contributed by atoms with Crippen molar-refractivity contribution in [3.8, 4) is 11.4 Å². The third kappa shape index (κ3) is 4.58. The van der Waals surface area contributed by atoms with E-state index < -0.39 is 0 Å². The smallest absolute Gasteiger partial charge is 0.246 e. The lowest BCUT2D eigenvalue weighted by Gasteiger charge is -2.35. The minimum atomic E-state index is -0.0525. The monoisotopic (exact) mass is 362 g/mol. The van der Waals surface area contributed by atoms with Gasteiger partial charge < -0.3 is 15.6 Å². The second-order valence-electron chi connectivity index (χ2n) is 6.74. The molecule has 0 unspecified atom stereocenters. The van der Waals surface area contributed by atoms with Gasteiger partial charge in [0.2, 0.25) is 17.6 Å². The number of hydrogen-bond donors (Lipinski definition) is 2. The van der Waals surface area contributed by atoms with E-state index in [-0.39, 0.29) is 17.9 Å². The molecule has 134 valence electrons. The molecule has 3 N–H and O–H groups in total. The molecule has 25 heavy (non-hydrogen) atoms. The lowest BCUT2D eigenvalue weighted by Crippen LogP contribution is -2.38. The minimum Gasteiger partial charge on any atom is -0.347 e. The van der Waals surface area contributed by atoms with Gasteiger partial charge in [0.15, 0.2) is 0 Å². The number of amides is 1. The van der Waals surface area contributed by atoms with Gasteiger partial charge in [0.05, 0.1) is 6.54 Å². The van der Waals surface area contributed by atoms with E-state index in [2.05, 4.69) is 15.5 Å². The van der Waals surface area contributed by atoms with E-state index >= 15 is 0 Å². The highest BCUT2D eigenvalue weighted by molar-refractivity contribution is 6.30. The maximum Gasteiger partial charge on any atom is 0.246 e.